The molecule has 0 aliphatic heterocycles. The van der Waals surface area contributed by atoms with Gasteiger partial charge < -0.3 is 10.1 Å². The van der Waals surface area contributed by atoms with Gasteiger partial charge in [0.1, 0.15) is 5.75 Å². The monoisotopic (exact) mass is 303 g/mol. The lowest BCUT2D eigenvalue weighted by atomic mass is 9.95. The second-order valence-corrected chi connectivity index (χ2v) is 5.64. The van der Waals surface area contributed by atoms with Crippen LogP contribution >= 0.6 is 23.2 Å². The number of hydrogen-bond donors (Lipinski definition) is 1. The molecule has 0 spiro atoms. The molecule has 0 bridgehead atoms. The molecule has 106 valence electrons. The molecule has 1 N–H and O–H groups in total. The number of hydrogen-bond acceptors (Lipinski definition) is 2. The number of alkyl halides is 1. The fourth-order valence-electron chi connectivity index (χ4n) is 1.27. The Labute approximate surface area is 124 Å². The van der Waals surface area contributed by atoms with E-state index >= 15 is 0 Å². The van der Waals surface area contributed by atoms with Gasteiger partial charge in [-0.15, -0.1) is 11.6 Å². The van der Waals surface area contributed by atoms with E-state index in [1.54, 1.807) is 32.0 Å². The third-order valence-electron chi connectivity index (χ3n) is 2.60. The van der Waals surface area contributed by atoms with Crippen molar-refractivity contribution in [2.45, 2.75) is 27.2 Å². The van der Waals surface area contributed by atoms with Crippen molar-refractivity contribution in [2.24, 2.45) is 5.41 Å². The summed E-state index contributed by atoms with van der Waals surface area (Å²) in [6.45, 7) is 6.22. The van der Waals surface area contributed by atoms with Crippen LogP contribution in [0, 0.1) is 5.41 Å². The first-order chi connectivity index (χ1) is 8.90. The molecule has 0 fully saturated rings. The summed E-state index contributed by atoms with van der Waals surface area (Å²) >= 11 is 11.9. The maximum atomic E-state index is 12.0. The van der Waals surface area contributed by atoms with E-state index in [1.807, 2.05) is 6.92 Å². The van der Waals surface area contributed by atoms with Crippen LogP contribution < -0.4 is 10.1 Å². The molecule has 0 aromatic heterocycles. The summed E-state index contributed by atoms with van der Waals surface area (Å²) in [7, 11) is 0. The maximum Gasteiger partial charge on any atom is 0.231 e. The van der Waals surface area contributed by atoms with Crippen molar-refractivity contribution in [3.63, 3.8) is 0 Å². The topological polar surface area (TPSA) is 38.3 Å². The van der Waals surface area contributed by atoms with E-state index in [-0.39, 0.29) is 11.8 Å². The molecular weight excluding hydrogens is 285 g/mol. The standard InChI is InChI=1S/C14H19Cl2NO2/c1-4-7-19-12-6-5-10(8-11(12)16)17-13(18)14(2,3)9-15/h5-6,8H,4,7,9H2,1-3H3,(H,17,18). The summed E-state index contributed by atoms with van der Waals surface area (Å²) in [5.41, 5.74) is 0.0165. The van der Waals surface area contributed by atoms with Crippen LogP contribution in [0.1, 0.15) is 27.2 Å². The highest BCUT2D eigenvalue weighted by Gasteiger charge is 2.26. The molecule has 1 aromatic carbocycles. The lowest BCUT2D eigenvalue weighted by Gasteiger charge is -2.20. The highest BCUT2D eigenvalue weighted by Crippen LogP contribution is 2.29. The van der Waals surface area contributed by atoms with Crippen LogP contribution in [0.25, 0.3) is 0 Å². The van der Waals surface area contributed by atoms with Crippen LogP contribution in [0.3, 0.4) is 0 Å². The molecule has 0 atom stereocenters. The van der Waals surface area contributed by atoms with Gasteiger partial charge in [-0.05, 0) is 38.5 Å². The summed E-state index contributed by atoms with van der Waals surface area (Å²) < 4.78 is 5.47. The zero-order valence-electron chi connectivity index (χ0n) is 11.4. The summed E-state index contributed by atoms with van der Waals surface area (Å²) in [5.74, 6) is 0.739. The second kappa shape index (κ2) is 7.01. The number of benzene rings is 1. The molecule has 0 unspecified atom stereocenters. The Morgan fingerprint density at radius 2 is 2.11 bits per heavy atom. The Morgan fingerprint density at radius 3 is 2.63 bits per heavy atom. The van der Waals surface area contributed by atoms with Crippen LogP contribution in [0.5, 0.6) is 5.75 Å². The van der Waals surface area contributed by atoms with Crippen LogP contribution in [-0.2, 0) is 4.79 Å². The molecule has 1 amide bonds. The molecule has 3 nitrogen and oxygen atoms in total. The van der Waals surface area contributed by atoms with Crippen molar-refractivity contribution in [1.29, 1.82) is 0 Å². The minimum atomic E-state index is -0.620. The first kappa shape index (κ1) is 16.1. The van der Waals surface area contributed by atoms with Gasteiger partial charge in [-0.3, -0.25) is 4.79 Å². The second-order valence-electron chi connectivity index (χ2n) is 4.97. The average Bonchev–Trinajstić information content (AvgIpc) is 2.37. The SMILES string of the molecule is CCCOc1ccc(NC(=O)C(C)(C)CCl)cc1Cl. The van der Waals surface area contributed by atoms with Gasteiger partial charge in [0, 0.05) is 11.6 Å². The van der Waals surface area contributed by atoms with E-state index in [0.29, 0.717) is 23.1 Å². The van der Waals surface area contributed by atoms with Crippen molar-refractivity contribution in [3.05, 3.63) is 23.2 Å². The van der Waals surface area contributed by atoms with Gasteiger partial charge >= 0.3 is 0 Å². The van der Waals surface area contributed by atoms with Crippen LogP contribution in [0.4, 0.5) is 5.69 Å². The average molecular weight is 304 g/mol. The Morgan fingerprint density at radius 1 is 1.42 bits per heavy atom. The van der Waals surface area contributed by atoms with E-state index in [0.717, 1.165) is 6.42 Å². The highest BCUT2D eigenvalue weighted by atomic mass is 35.5. The van der Waals surface area contributed by atoms with Crippen molar-refractivity contribution >= 4 is 34.8 Å². The molecule has 0 heterocycles. The largest absolute Gasteiger partial charge is 0.492 e. The number of rotatable bonds is 6. The minimum absolute atomic E-state index is 0.138. The van der Waals surface area contributed by atoms with Crippen molar-refractivity contribution < 1.29 is 9.53 Å². The third kappa shape index (κ3) is 4.59. The molecule has 0 saturated carbocycles. The fourth-order valence-corrected chi connectivity index (χ4v) is 1.63. The predicted octanol–water partition coefficient (Wildman–Crippen LogP) is 4.33. The Kier molecular flexibility index (Phi) is 5.95. The highest BCUT2D eigenvalue weighted by molar-refractivity contribution is 6.32. The summed E-state index contributed by atoms with van der Waals surface area (Å²) in [4.78, 5) is 12.0. The quantitative estimate of drug-likeness (QED) is 0.794. The van der Waals surface area contributed by atoms with Crippen molar-refractivity contribution in [1.82, 2.24) is 0 Å². The molecule has 1 rings (SSSR count). The molecule has 0 aliphatic rings. The van der Waals surface area contributed by atoms with Crippen LogP contribution in [0.15, 0.2) is 18.2 Å². The Balaban J connectivity index is 2.76. The minimum Gasteiger partial charge on any atom is -0.492 e. The number of ether oxygens (including phenoxy) is 1. The predicted molar refractivity (Wildman–Crippen MR) is 80.4 cm³/mol. The van der Waals surface area contributed by atoms with E-state index in [2.05, 4.69) is 5.32 Å². The molecule has 19 heavy (non-hydrogen) atoms. The normalized spacial score (nSPS) is 11.2. The summed E-state index contributed by atoms with van der Waals surface area (Å²) in [5, 5.41) is 3.28. The number of halogens is 2. The lowest BCUT2D eigenvalue weighted by molar-refractivity contribution is -0.122. The summed E-state index contributed by atoms with van der Waals surface area (Å²) in [6.07, 6.45) is 0.915. The Bertz CT molecular complexity index is 447. The third-order valence-corrected chi connectivity index (χ3v) is 3.56. The number of carbonyl (C=O) groups excluding carboxylic acids is 1. The number of anilines is 1. The molecular formula is C14H19Cl2NO2. The van der Waals surface area contributed by atoms with E-state index < -0.39 is 5.41 Å². The van der Waals surface area contributed by atoms with E-state index in [4.69, 9.17) is 27.9 Å². The van der Waals surface area contributed by atoms with Crippen molar-refractivity contribution in [2.75, 3.05) is 17.8 Å². The molecule has 0 radical (unpaired) electrons. The van der Waals surface area contributed by atoms with Gasteiger partial charge in [0.2, 0.25) is 5.91 Å². The first-order valence-electron chi connectivity index (χ1n) is 6.20. The van der Waals surface area contributed by atoms with Gasteiger partial charge in [0.15, 0.2) is 0 Å². The Hall–Kier alpha value is -0.930. The zero-order valence-corrected chi connectivity index (χ0v) is 12.9. The number of amides is 1. The van der Waals surface area contributed by atoms with Crippen LogP contribution in [-0.4, -0.2) is 18.4 Å². The molecule has 1 aromatic rings. The van der Waals surface area contributed by atoms with Gasteiger partial charge in [-0.25, -0.2) is 0 Å². The van der Waals surface area contributed by atoms with Gasteiger partial charge in [0.25, 0.3) is 0 Å². The maximum absolute atomic E-state index is 12.0. The van der Waals surface area contributed by atoms with Crippen molar-refractivity contribution in [3.8, 4) is 5.75 Å². The number of carbonyl (C=O) groups is 1. The summed E-state index contributed by atoms with van der Waals surface area (Å²) in [6, 6.07) is 5.19. The van der Waals surface area contributed by atoms with E-state index in [9.17, 15) is 4.79 Å². The lowest BCUT2D eigenvalue weighted by Crippen LogP contribution is -2.32. The van der Waals surface area contributed by atoms with E-state index in [1.165, 1.54) is 0 Å². The number of nitrogens with one attached hydrogen (secondary N) is 1. The van der Waals surface area contributed by atoms with Crippen LogP contribution in [0.2, 0.25) is 5.02 Å². The molecule has 0 aliphatic carbocycles. The van der Waals surface area contributed by atoms with Gasteiger partial charge in [-0.2, -0.15) is 0 Å². The fraction of sp³-hybridized carbons (Fsp3) is 0.500. The van der Waals surface area contributed by atoms with Gasteiger partial charge in [-0.1, -0.05) is 18.5 Å². The smallest absolute Gasteiger partial charge is 0.231 e. The first-order valence-corrected chi connectivity index (χ1v) is 7.11. The molecule has 0 saturated heterocycles. The van der Waals surface area contributed by atoms with Gasteiger partial charge in [0.05, 0.1) is 17.0 Å². The molecule has 5 heteroatoms. The zero-order chi connectivity index (χ0) is 14.5.